The van der Waals surface area contributed by atoms with Crippen molar-refractivity contribution >= 4 is 34.7 Å². The molecule has 2 aromatic rings. The molecule has 26 heavy (non-hydrogen) atoms. The maximum absolute atomic E-state index is 12.2. The topological polar surface area (TPSA) is 72.5 Å². The predicted molar refractivity (Wildman–Crippen MR) is 103 cm³/mol. The van der Waals surface area contributed by atoms with Crippen LogP contribution in [0.2, 0.25) is 0 Å². The number of rotatable bonds is 7. The number of benzene rings is 1. The van der Waals surface area contributed by atoms with Crippen molar-refractivity contribution in [2.75, 3.05) is 11.9 Å². The van der Waals surface area contributed by atoms with Gasteiger partial charge in [0.1, 0.15) is 0 Å². The molecule has 2 rings (SSSR count). The van der Waals surface area contributed by atoms with Crippen molar-refractivity contribution in [1.82, 2.24) is 0 Å². The molecular formula is C20H23NO4S. The highest BCUT2D eigenvalue weighted by molar-refractivity contribution is 7.12. The van der Waals surface area contributed by atoms with E-state index in [1.807, 2.05) is 27.7 Å². The number of Topliss-reactive ketones (excluding diaryl/α,β-unsaturated/α-hetero) is 1. The molecule has 0 radical (unpaired) electrons. The number of hydrogen-bond donors (Lipinski definition) is 1. The Balaban J connectivity index is 1.90. The van der Waals surface area contributed by atoms with Gasteiger partial charge in [0.05, 0.1) is 5.56 Å². The minimum absolute atomic E-state index is 0.0607. The van der Waals surface area contributed by atoms with E-state index in [9.17, 15) is 14.4 Å². The van der Waals surface area contributed by atoms with E-state index >= 15 is 0 Å². The standard InChI is InChI=1S/C20H23NO4S/c1-12(2)9-19(23)21-16-7-5-15(6-8-16)18(22)11-25-20(24)17-10-13(3)26-14(17)4/h5-8,10,12H,9,11H2,1-4H3,(H,21,23). The fourth-order valence-corrected chi connectivity index (χ4v) is 3.36. The first-order valence-electron chi connectivity index (χ1n) is 8.43. The molecule has 0 unspecified atom stereocenters. The number of ether oxygens (including phenoxy) is 1. The largest absolute Gasteiger partial charge is 0.454 e. The Kier molecular flexibility index (Phi) is 6.69. The minimum atomic E-state index is -0.488. The zero-order chi connectivity index (χ0) is 19.3. The molecule has 6 heteroatoms. The number of carbonyl (C=O) groups excluding carboxylic acids is 3. The van der Waals surface area contributed by atoms with E-state index in [2.05, 4.69) is 5.32 Å². The van der Waals surface area contributed by atoms with Gasteiger partial charge in [-0.15, -0.1) is 11.3 Å². The van der Waals surface area contributed by atoms with Gasteiger partial charge in [-0.05, 0) is 50.1 Å². The van der Waals surface area contributed by atoms with Crippen molar-refractivity contribution < 1.29 is 19.1 Å². The molecule has 0 aliphatic carbocycles. The normalized spacial score (nSPS) is 10.7. The summed E-state index contributed by atoms with van der Waals surface area (Å²) in [4.78, 5) is 37.9. The van der Waals surface area contributed by atoms with Crippen LogP contribution in [-0.4, -0.2) is 24.3 Å². The first-order valence-corrected chi connectivity index (χ1v) is 9.25. The molecule has 0 aliphatic rings. The summed E-state index contributed by atoms with van der Waals surface area (Å²) in [6.07, 6.45) is 0.443. The van der Waals surface area contributed by atoms with Crippen LogP contribution < -0.4 is 5.32 Å². The molecule has 0 fully saturated rings. The summed E-state index contributed by atoms with van der Waals surface area (Å²) in [6.45, 7) is 7.40. The third-order valence-corrected chi connectivity index (χ3v) is 4.65. The van der Waals surface area contributed by atoms with Crippen molar-refractivity contribution in [1.29, 1.82) is 0 Å². The van der Waals surface area contributed by atoms with Crippen LogP contribution in [-0.2, 0) is 9.53 Å². The Morgan fingerprint density at radius 2 is 1.77 bits per heavy atom. The van der Waals surface area contributed by atoms with E-state index in [1.165, 1.54) is 11.3 Å². The molecule has 1 N–H and O–H groups in total. The first kappa shape index (κ1) is 19.8. The third kappa shape index (κ3) is 5.52. The van der Waals surface area contributed by atoms with Crippen molar-refractivity contribution in [2.45, 2.75) is 34.1 Å². The smallest absolute Gasteiger partial charge is 0.339 e. The molecule has 138 valence electrons. The quantitative estimate of drug-likeness (QED) is 0.577. The zero-order valence-electron chi connectivity index (χ0n) is 15.4. The SMILES string of the molecule is Cc1cc(C(=O)OCC(=O)c2ccc(NC(=O)CC(C)C)cc2)c(C)s1. The van der Waals surface area contributed by atoms with E-state index in [0.29, 0.717) is 23.2 Å². The number of anilines is 1. The lowest BCUT2D eigenvalue weighted by molar-refractivity contribution is -0.116. The molecule has 1 aromatic heterocycles. The molecule has 1 amide bonds. The highest BCUT2D eigenvalue weighted by Crippen LogP contribution is 2.21. The predicted octanol–water partition coefficient (Wildman–Crippen LogP) is 4.39. The van der Waals surface area contributed by atoms with Crippen molar-refractivity contribution in [3.8, 4) is 0 Å². The van der Waals surface area contributed by atoms with Crippen LogP contribution in [0.5, 0.6) is 0 Å². The number of thiophene rings is 1. The van der Waals surface area contributed by atoms with Gasteiger partial charge in [0, 0.05) is 27.4 Å². The number of esters is 1. The second kappa shape index (κ2) is 8.76. The monoisotopic (exact) mass is 373 g/mol. The summed E-state index contributed by atoms with van der Waals surface area (Å²) in [5.41, 5.74) is 1.56. The molecule has 1 heterocycles. The average Bonchev–Trinajstić information content (AvgIpc) is 2.90. The van der Waals surface area contributed by atoms with Gasteiger partial charge in [0.15, 0.2) is 12.4 Å². The Morgan fingerprint density at radius 1 is 1.12 bits per heavy atom. The summed E-state index contributed by atoms with van der Waals surface area (Å²) in [7, 11) is 0. The van der Waals surface area contributed by atoms with Crippen molar-refractivity contribution in [2.24, 2.45) is 5.92 Å². The van der Waals surface area contributed by atoms with Gasteiger partial charge in [-0.25, -0.2) is 4.79 Å². The van der Waals surface area contributed by atoms with Crippen molar-refractivity contribution in [3.05, 3.63) is 51.2 Å². The van der Waals surface area contributed by atoms with E-state index in [4.69, 9.17) is 4.74 Å². The molecule has 1 aromatic carbocycles. The number of nitrogens with one attached hydrogen (secondary N) is 1. The Labute approximate surface area is 157 Å². The molecule has 0 atom stereocenters. The average molecular weight is 373 g/mol. The van der Waals surface area contributed by atoms with Crippen LogP contribution in [0, 0.1) is 19.8 Å². The summed E-state index contributed by atoms with van der Waals surface area (Å²) in [5.74, 6) is -0.559. The van der Waals surface area contributed by atoms with E-state index < -0.39 is 5.97 Å². The summed E-state index contributed by atoms with van der Waals surface area (Å²) in [6, 6.07) is 8.32. The molecular weight excluding hydrogens is 350 g/mol. The highest BCUT2D eigenvalue weighted by atomic mass is 32.1. The number of amides is 1. The summed E-state index contributed by atoms with van der Waals surface area (Å²) in [5, 5.41) is 2.79. The van der Waals surface area contributed by atoms with E-state index in [1.54, 1.807) is 30.3 Å². The maximum atomic E-state index is 12.2. The van der Waals surface area contributed by atoms with Crippen LogP contribution in [0.3, 0.4) is 0 Å². The van der Waals surface area contributed by atoms with Crippen LogP contribution in [0.4, 0.5) is 5.69 Å². The summed E-state index contributed by atoms with van der Waals surface area (Å²) >= 11 is 1.52. The Bertz CT molecular complexity index is 806. The van der Waals surface area contributed by atoms with Gasteiger partial charge in [-0.3, -0.25) is 9.59 Å². The number of hydrogen-bond acceptors (Lipinski definition) is 5. The van der Waals surface area contributed by atoms with Gasteiger partial charge in [0.2, 0.25) is 5.91 Å². The lowest BCUT2D eigenvalue weighted by Crippen LogP contribution is -2.15. The first-order chi connectivity index (χ1) is 12.3. The van der Waals surface area contributed by atoms with Gasteiger partial charge in [-0.2, -0.15) is 0 Å². The Hall–Kier alpha value is -2.47. The van der Waals surface area contributed by atoms with Crippen LogP contribution in [0.25, 0.3) is 0 Å². The summed E-state index contributed by atoms with van der Waals surface area (Å²) < 4.78 is 5.13. The van der Waals surface area contributed by atoms with Crippen LogP contribution in [0.1, 0.15) is 50.7 Å². The van der Waals surface area contributed by atoms with Gasteiger partial charge < -0.3 is 10.1 Å². The highest BCUT2D eigenvalue weighted by Gasteiger charge is 2.16. The fourth-order valence-electron chi connectivity index (χ4n) is 2.45. The molecule has 5 nitrogen and oxygen atoms in total. The lowest BCUT2D eigenvalue weighted by atomic mass is 10.1. The van der Waals surface area contributed by atoms with Gasteiger partial charge >= 0.3 is 5.97 Å². The Morgan fingerprint density at radius 3 is 2.31 bits per heavy atom. The van der Waals surface area contributed by atoms with E-state index in [0.717, 1.165) is 9.75 Å². The number of aryl methyl sites for hydroxylation is 2. The second-order valence-corrected chi connectivity index (χ2v) is 8.01. The van der Waals surface area contributed by atoms with Crippen LogP contribution in [0.15, 0.2) is 30.3 Å². The lowest BCUT2D eigenvalue weighted by Gasteiger charge is -2.08. The molecule has 0 saturated heterocycles. The maximum Gasteiger partial charge on any atom is 0.339 e. The second-order valence-electron chi connectivity index (χ2n) is 6.55. The third-order valence-electron chi connectivity index (χ3n) is 3.68. The van der Waals surface area contributed by atoms with Gasteiger partial charge in [-0.1, -0.05) is 13.8 Å². The molecule has 0 spiro atoms. The molecule has 0 saturated carbocycles. The zero-order valence-corrected chi connectivity index (χ0v) is 16.2. The fraction of sp³-hybridized carbons (Fsp3) is 0.350. The van der Waals surface area contributed by atoms with E-state index in [-0.39, 0.29) is 24.2 Å². The van der Waals surface area contributed by atoms with Crippen LogP contribution >= 0.6 is 11.3 Å². The van der Waals surface area contributed by atoms with Crippen molar-refractivity contribution in [3.63, 3.8) is 0 Å². The number of ketones is 1. The minimum Gasteiger partial charge on any atom is -0.454 e. The molecule has 0 aliphatic heterocycles. The molecule has 0 bridgehead atoms. The number of carbonyl (C=O) groups is 3. The van der Waals surface area contributed by atoms with Gasteiger partial charge in [0.25, 0.3) is 0 Å².